The lowest BCUT2D eigenvalue weighted by molar-refractivity contribution is -0.133. The number of carbonyl (C=O) groups is 2. The zero-order valence-corrected chi connectivity index (χ0v) is 11.8. The second-order valence-electron chi connectivity index (χ2n) is 6.20. The van der Waals surface area contributed by atoms with Crippen molar-refractivity contribution in [3.63, 3.8) is 0 Å². The standard InChI is InChI=1S/C13H24N4O2/c1-13(2,14)9-11(18)16-6-3-10(4-7-16)17-8-5-15-12(17)19/h10H,3-9,14H2,1-2H3,(H,15,19). The van der Waals surface area contributed by atoms with Gasteiger partial charge in [0.2, 0.25) is 5.91 Å². The van der Waals surface area contributed by atoms with E-state index in [2.05, 4.69) is 5.32 Å². The smallest absolute Gasteiger partial charge is 0.317 e. The van der Waals surface area contributed by atoms with Crippen molar-refractivity contribution in [3.8, 4) is 0 Å². The molecule has 0 bridgehead atoms. The van der Waals surface area contributed by atoms with Crippen LogP contribution in [0.4, 0.5) is 4.79 Å². The molecule has 2 fully saturated rings. The predicted octanol–water partition coefficient (Wildman–Crippen LogP) is 0.130. The van der Waals surface area contributed by atoms with Crippen LogP contribution < -0.4 is 11.1 Å². The number of hydrogen-bond donors (Lipinski definition) is 2. The summed E-state index contributed by atoms with van der Waals surface area (Å²) in [7, 11) is 0. The van der Waals surface area contributed by atoms with E-state index >= 15 is 0 Å². The summed E-state index contributed by atoms with van der Waals surface area (Å²) in [5, 5.41) is 2.82. The summed E-state index contributed by atoms with van der Waals surface area (Å²) in [6.45, 7) is 6.71. The molecule has 6 nitrogen and oxygen atoms in total. The molecule has 0 aromatic heterocycles. The van der Waals surface area contributed by atoms with Crippen molar-refractivity contribution in [2.45, 2.75) is 44.7 Å². The van der Waals surface area contributed by atoms with Crippen molar-refractivity contribution in [2.24, 2.45) is 5.73 Å². The van der Waals surface area contributed by atoms with Crippen LogP contribution in [0.1, 0.15) is 33.1 Å². The molecule has 2 heterocycles. The first kappa shape index (κ1) is 14.1. The Bertz CT molecular complexity index is 356. The number of amides is 3. The second kappa shape index (κ2) is 5.36. The van der Waals surface area contributed by atoms with Gasteiger partial charge >= 0.3 is 6.03 Å². The van der Waals surface area contributed by atoms with Gasteiger partial charge in [0.1, 0.15) is 0 Å². The zero-order valence-electron chi connectivity index (χ0n) is 11.8. The van der Waals surface area contributed by atoms with E-state index in [0.717, 1.165) is 39.0 Å². The first-order valence-electron chi connectivity index (χ1n) is 6.98. The largest absolute Gasteiger partial charge is 0.342 e. The monoisotopic (exact) mass is 268 g/mol. The number of likely N-dealkylation sites (tertiary alicyclic amines) is 1. The van der Waals surface area contributed by atoms with Gasteiger partial charge in [0, 0.05) is 44.2 Å². The Morgan fingerprint density at radius 3 is 2.47 bits per heavy atom. The highest BCUT2D eigenvalue weighted by molar-refractivity contribution is 5.78. The minimum atomic E-state index is -0.456. The van der Waals surface area contributed by atoms with Crippen LogP contribution in [0.3, 0.4) is 0 Å². The zero-order chi connectivity index (χ0) is 14.0. The Balaban J connectivity index is 1.82. The van der Waals surface area contributed by atoms with Crippen LogP contribution in [0.5, 0.6) is 0 Å². The number of hydrogen-bond acceptors (Lipinski definition) is 3. The minimum Gasteiger partial charge on any atom is -0.342 e. The van der Waals surface area contributed by atoms with E-state index in [4.69, 9.17) is 5.73 Å². The fraction of sp³-hybridized carbons (Fsp3) is 0.846. The molecule has 2 rings (SSSR count). The van der Waals surface area contributed by atoms with Gasteiger partial charge in [-0.2, -0.15) is 0 Å². The molecule has 0 aromatic carbocycles. The van der Waals surface area contributed by atoms with Crippen LogP contribution in [0.25, 0.3) is 0 Å². The van der Waals surface area contributed by atoms with E-state index in [-0.39, 0.29) is 18.0 Å². The first-order chi connectivity index (χ1) is 8.87. The Hall–Kier alpha value is -1.30. The van der Waals surface area contributed by atoms with E-state index in [1.807, 2.05) is 23.6 Å². The third-order valence-corrected chi connectivity index (χ3v) is 3.75. The molecular formula is C13H24N4O2. The van der Waals surface area contributed by atoms with Gasteiger partial charge in [-0.25, -0.2) is 4.79 Å². The van der Waals surface area contributed by atoms with E-state index in [1.165, 1.54) is 0 Å². The van der Waals surface area contributed by atoms with Gasteiger partial charge in [0.25, 0.3) is 0 Å². The van der Waals surface area contributed by atoms with E-state index in [0.29, 0.717) is 6.42 Å². The summed E-state index contributed by atoms with van der Waals surface area (Å²) in [4.78, 5) is 27.4. The molecule has 2 aliphatic heterocycles. The number of urea groups is 1. The highest BCUT2D eigenvalue weighted by Crippen LogP contribution is 2.19. The summed E-state index contributed by atoms with van der Waals surface area (Å²) in [5.74, 6) is 0.122. The Morgan fingerprint density at radius 1 is 1.37 bits per heavy atom. The fourth-order valence-electron chi connectivity index (χ4n) is 2.76. The highest BCUT2D eigenvalue weighted by Gasteiger charge is 2.32. The highest BCUT2D eigenvalue weighted by atomic mass is 16.2. The van der Waals surface area contributed by atoms with Crippen LogP contribution in [0, 0.1) is 0 Å². The third-order valence-electron chi connectivity index (χ3n) is 3.75. The fourth-order valence-corrected chi connectivity index (χ4v) is 2.76. The average molecular weight is 268 g/mol. The maximum Gasteiger partial charge on any atom is 0.317 e. The van der Waals surface area contributed by atoms with Crippen LogP contribution in [-0.2, 0) is 4.79 Å². The average Bonchev–Trinajstić information content (AvgIpc) is 2.73. The van der Waals surface area contributed by atoms with Crippen molar-refractivity contribution in [2.75, 3.05) is 26.2 Å². The van der Waals surface area contributed by atoms with Crippen molar-refractivity contribution >= 4 is 11.9 Å². The number of nitrogens with two attached hydrogens (primary N) is 1. The third kappa shape index (κ3) is 3.59. The molecule has 108 valence electrons. The van der Waals surface area contributed by atoms with Gasteiger partial charge in [0.05, 0.1) is 0 Å². The minimum absolute atomic E-state index is 0.0351. The lowest BCUT2D eigenvalue weighted by atomic mass is 9.99. The molecular weight excluding hydrogens is 244 g/mol. The summed E-state index contributed by atoms with van der Waals surface area (Å²) in [5.41, 5.74) is 5.42. The molecule has 0 unspecified atom stereocenters. The Morgan fingerprint density at radius 2 is 2.00 bits per heavy atom. The van der Waals surface area contributed by atoms with Gasteiger partial charge in [-0.15, -0.1) is 0 Å². The van der Waals surface area contributed by atoms with Crippen LogP contribution in [-0.4, -0.2) is 59.5 Å². The van der Waals surface area contributed by atoms with E-state index in [9.17, 15) is 9.59 Å². The first-order valence-corrected chi connectivity index (χ1v) is 6.98. The molecule has 3 N–H and O–H groups in total. The molecule has 0 atom stereocenters. The van der Waals surface area contributed by atoms with Gasteiger partial charge in [-0.05, 0) is 26.7 Å². The van der Waals surface area contributed by atoms with E-state index < -0.39 is 5.54 Å². The summed E-state index contributed by atoms with van der Waals surface area (Å²) in [6, 6.07) is 0.310. The number of rotatable bonds is 3. The maximum atomic E-state index is 12.1. The van der Waals surface area contributed by atoms with Crippen molar-refractivity contribution in [3.05, 3.63) is 0 Å². The molecule has 2 saturated heterocycles. The normalized spacial score (nSPS) is 21.7. The van der Waals surface area contributed by atoms with Gasteiger partial charge < -0.3 is 20.9 Å². The Labute approximate surface area is 114 Å². The summed E-state index contributed by atoms with van der Waals surface area (Å²) < 4.78 is 0. The van der Waals surface area contributed by atoms with Crippen molar-refractivity contribution < 1.29 is 9.59 Å². The quantitative estimate of drug-likeness (QED) is 0.763. The Kier molecular flexibility index (Phi) is 3.99. The van der Waals surface area contributed by atoms with E-state index in [1.54, 1.807) is 0 Å². The summed E-state index contributed by atoms with van der Waals surface area (Å²) >= 11 is 0. The SMILES string of the molecule is CC(C)(N)CC(=O)N1CCC(N2CCNC2=O)CC1. The molecule has 2 aliphatic rings. The number of nitrogens with zero attached hydrogens (tertiary/aromatic N) is 2. The van der Waals surface area contributed by atoms with Crippen LogP contribution >= 0.6 is 0 Å². The molecule has 0 aliphatic carbocycles. The van der Waals surface area contributed by atoms with Crippen molar-refractivity contribution in [1.82, 2.24) is 15.1 Å². The van der Waals surface area contributed by atoms with Gasteiger partial charge in [-0.1, -0.05) is 0 Å². The molecule has 6 heteroatoms. The second-order valence-corrected chi connectivity index (χ2v) is 6.20. The number of carbonyl (C=O) groups excluding carboxylic acids is 2. The molecule has 3 amide bonds. The maximum absolute atomic E-state index is 12.1. The summed E-state index contributed by atoms with van der Waals surface area (Å²) in [6.07, 6.45) is 2.11. The predicted molar refractivity (Wildman–Crippen MR) is 72.6 cm³/mol. The van der Waals surface area contributed by atoms with Gasteiger partial charge in [-0.3, -0.25) is 4.79 Å². The number of nitrogens with one attached hydrogen (secondary N) is 1. The molecule has 19 heavy (non-hydrogen) atoms. The molecule has 0 saturated carbocycles. The molecule has 0 spiro atoms. The van der Waals surface area contributed by atoms with Crippen molar-refractivity contribution in [1.29, 1.82) is 0 Å². The topological polar surface area (TPSA) is 78.7 Å². The van der Waals surface area contributed by atoms with Gasteiger partial charge in [0.15, 0.2) is 0 Å². The molecule has 0 aromatic rings. The number of piperidine rings is 1. The lowest BCUT2D eigenvalue weighted by Crippen LogP contribution is -2.49. The van der Waals surface area contributed by atoms with Crippen LogP contribution in [0.15, 0.2) is 0 Å². The lowest BCUT2D eigenvalue weighted by Gasteiger charge is -2.37. The molecule has 0 radical (unpaired) electrons. The van der Waals surface area contributed by atoms with Crippen LogP contribution in [0.2, 0.25) is 0 Å².